The van der Waals surface area contributed by atoms with Gasteiger partial charge in [-0.15, -0.1) is 0 Å². The fraction of sp³-hybridized carbons (Fsp3) is 0.786. The molecule has 10 heteroatoms. The van der Waals surface area contributed by atoms with E-state index in [4.69, 9.17) is 24.1 Å². The normalized spacial score (nSPS) is 10.8. The van der Waals surface area contributed by atoms with Crippen LogP contribution in [0.3, 0.4) is 0 Å². The molecule has 0 aromatic rings. The van der Waals surface area contributed by atoms with E-state index in [2.05, 4.69) is 10.6 Å². The molecule has 3 N–H and O–H groups in total. The Morgan fingerprint density at radius 1 is 0.875 bits per heavy atom. The van der Waals surface area contributed by atoms with Gasteiger partial charge in [0.05, 0.1) is 19.8 Å². The molecule has 0 atom stereocenters. The van der Waals surface area contributed by atoms with Gasteiger partial charge >= 0.3 is 18.2 Å². The fourth-order valence-corrected chi connectivity index (χ4v) is 1.27. The summed E-state index contributed by atoms with van der Waals surface area (Å²) in [5, 5.41) is 13.2. The van der Waals surface area contributed by atoms with E-state index in [1.165, 1.54) is 0 Å². The molecule has 0 heterocycles. The molecule has 0 bridgehead atoms. The lowest BCUT2D eigenvalue weighted by molar-refractivity contribution is -0.142. The van der Waals surface area contributed by atoms with Crippen molar-refractivity contribution >= 4 is 18.2 Å². The number of ether oxygens (including phenoxy) is 4. The number of hydrogen-bond donors (Lipinski definition) is 3. The first-order valence-electron chi connectivity index (χ1n) is 7.45. The van der Waals surface area contributed by atoms with Crippen LogP contribution in [0.15, 0.2) is 0 Å². The molecule has 0 radical (unpaired) electrons. The summed E-state index contributed by atoms with van der Waals surface area (Å²) < 4.78 is 19.7. The first kappa shape index (κ1) is 21.9. The topological polar surface area (TPSA) is 132 Å². The number of aliphatic carboxylic acids is 1. The molecular formula is C14H26N2O8. The molecule has 2 amide bonds. The maximum atomic E-state index is 11.3. The molecule has 0 saturated carbocycles. The third-order valence-electron chi connectivity index (χ3n) is 2.12. The zero-order chi connectivity index (χ0) is 18.4. The van der Waals surface area contributed by atoms with Crippen molar-refractivity contribution in [1.29, 1.82) is 0 Å². The maximum absolute atomic E-state index is 11.3. The lowest BCUT2D eigenvalue weighted by Crippen LogP contribution is -2.34. The Morgan fingerprint density at radius 2 is 1.46 bits per heavy atom. The number of nitrogens with one attached hydrogen (secondary N) is 2. The molecule has 0 aliphatic rings. The highest BCUT2D eigenvalue weighted by Gasteiger charge is 2.15. The van der Waals surface area contributed by atoms with Crippen molar-refractivity contribution in [3.05, 3.63) is 0 Å². The Kier molecular flexibility index (Phi) is 11.3. The van der Waals surface area contributed by atoms with E-state index in [0.717, 1.165) is 0 Å². The van der Waals surface area contributed by atoms with E-state index in [1.807, 2.05) is 0 Å². The van der Waals surface area contributed by atoms with Crippen LogP contribution in [0.1, 0.15) is 20.8 Å². The summed E-state index contributed by atoms with van der Waals surface area (Å²) in [4.78, 5) is 32.7. The van der Waals surface area contributed by atoms with Crippen LogP contribution in [0.25, 0.3) is 0 Å². The minimum Gasteiger partial charge on any atom is -0.480 e. The number of rotatable bonds is 11. The third kappa shape index (κ3) is 16.3. The van der Waals surface area contributed by atoms with Gasteiger partial charge in [-0.3, -0.25) is 0 Å². The van der Waals surface area contributed by atoms with Gasteiger partial charge in [0.1, 0.15) is 18.8 Å². The van der Waals surface area contributed by atoms with Crippen LogP contribution in [0.4, 0.5) is 9.59 Å². The molecule has 10 nitrogen and oxygen atoms in total. The number of carbonyl (C=O) groups excluding carboxylic acids is 2. The van der Waals surface area contributed by atoms with Crippen molar-refractivity contribution in [1.82, 2.24) is 10.6 Å². The molecule has 0 saturated heterocycles. The quantitative estimate of drug-likeness (QED) is 0.455. The zero-order valence-electron chi connectivity index (χ0n) is 14.3. The highest BCUT2D eigenvalue weighted by atomic mass is 16.6. The van der Waals surface area contributed by atoms with Gasteiger partial charge < -0.3 is 34.7 Å². The van der Waals surface area contributed by atoms with Gasteiger partial charge in [0, 0.05) is 13.1 Å². The highest BCUT2D eigenvalue weighted by Crippen LogP contribution is 2.05. The second-order valence-electron chi connectivity index (χ2n) is 5.55. The monoisotopic (exact) mass is 350 g/mol. The summed E-state index contributed by atoms with van der Waals surface area (Å²) in [6, 6.07) is 0. The number of carbonyl (C=O) groups is 3. The predicted octanol–water partition coefficient (Wildman–Crippen LogP) is 0.355. The molecule has 0 aromatic carbocycles. The third-order valence-corrected chi connectivity index (χ3v) is 2.12. The molecule has 0 aromatic heterocycles. The van der Waals surface area contributed by atoms with Crippen LogP contribution in [0, 0.1) is 0 Å². The fourth-order valence-electron chi connectivity index (χ4n) is 1.27. The van der Waals surface area contributed by atoms with Crippen LogP contribution < -0.4 is 10.6 Å². The first-order chi connectivity index (χ1) is 11.2. The molecule has 0 unspecified atom stereocenters. The molecule has 0 fully saturated rings. The smallest absolute Gasteiger partial charge is 0.407 e. The average Bonchev–Trinajstić information content (AvgIpc) is 2.43. The number of alkyl carbamates (subject to hydrolysis) is 2. The van der Waals surface area contributed by atoms with Crippen molar-refractivity contribution in [3.8, 4) is 0 Å². The maximum Gasteiger partial charge on any atom is 0.407 e. The standard InChI is InChI=1S/C14H26N2O8/c1-14(2,3)24-13(20)16-4-6-21-8-9-23-12(19)15-5-7-22-10-11(17)18/h4-10H2,1-3H3,(H,15,19)(H,16,20)(H,17,18). The van der Waals surface area contributed by atoms with E-state index in [9.17, 15) is 14.4 Å². The van der Waals surface area contributed by atoms with Crippen molar-refractivity contribution in [2.45, 2.75) is 26.4 Å². The molecule has 140 valence electrons. The van der Waals surface area contributed by atoms with Crippen molar-refractivity contribution in [2.24, 2.45) is 0 Å². The van der Waals surface area contributed by atoms with E-state index >= 15 is 0 Å². The van der Waals surface area contributed by atoms with Gasteiger partial charge in [0.15, 0.2) is 0 Å². The van der Waals surface area contributed by atoms with Crippen LogP contribution in [-0.4, -0.2) is 75.0 Å². The van der Waals surface area contributed by atoms with Crippen molar-refractivity contribution < 1.29 is 38.4 Å². The van der Waals surface area contributed by atoms with Gasteiger partial charge in [-0.1, -0.05) is 0 Å². The summed E-state index contributed by atoms with van der Waals surface area (Å²) >= 11 is 0. The summed E-state index contributed by atoms with van der Waals surface area (Å²) in [6.45, 7) is 5.88. The summed E-state index contributed by atoms with van der Waals surface area (Å²) in [5.74, 6) is -1.07. The molecule has 0 aliphatic heterocycles. The second-order valence-corrected chi connectivity index (χ2v) is 5.55. The predicted molar refractivity (Wildman–Crippen MR) is 82.9 cm³/mol. The summed E-state index contributed by atoms with van der Waals surface area (Å²) in [5.41, 5.74) is -0.551. The number of carboxylic acid groups (broad SMARTS) is 1. The molecular weight excluding hydrogens is 324 g/mol. The minimum absolute atomic E-state index is 0.0499. The summed E-state index contributed by atoms with van der Waals surface area (Å²) in [7, 11) is 0. The molecule has 0 spiro atoms. The SMILES string of the molecule is CC(C)(C)OC(=O)NCCOCCOC(=O)NCCOCC(=O)O. The van der Waals surface area contributed by atoms with Gasteiger partial charge in [-0.05, 0) is 20.8 Å². The molecule has 24 heavy (non-hydrogen) atoms. The van der Waals surface area contributed by atoms with Crippen LogP contribution in [0.5, 0.6) is 0 Å². The van der Waals surface area contributed by atoms with Gasteiger partial charge in [-0.2, -0.15) is 0 Å². The zero-order valence-corrected chi connectivity index (χ0v) is 14.3. The molecule has 0 aliphatic carbocycles. The van der Waals surface area contributed by atoms with E-state index in [1.54, 1.807) is 20.8 Å². The van der Waals surface area contributed by atoms with E-state index in [-0.39, 0.29) is 39.5 Å². The van der Waals surface area contributed by atoms with Gasteiger partial charge in [0.25, 0.3) is 0 Å². The van der Waals surface area contributed by atoms with E-state index in [0.29, 0.717) is 0 Å². The second kappa shape index (κ2) is 12.4. The van der Waals surface area contributed by atoms with Crippen LogP contribution in [0.2, 0.25) is 0 Å². The van der Waals surface area contributed by atoms with Crippen molar-refractivity contribution in [2.75, 3.05) is 46.1 Å². The number of hydrogen-bond acceptors (Lipinski definition) is 7. The lowest BCUT2D eigenvalue weighted by atomic mass is 10.2. The lowest BCUT2D eigenvalue weighted by Gasteiger charge is -2.19. The molecule has 0 rings (SSSR count). The van der Waals surface area contributed by atoms with Crippen LogP contribution in [-0.2, 0) is 23.7 Å². The number of amides is 2. The largest absolute Gasteiger partial charge is 0.480 e. The van der Waals surface area contributed by atoms with Gasteiger partial charge in [0.2, 0.25) is 0 Å². The minimum atomic E-state index is -1.07. The number of carboxylic acids is 1. The Labute approximate surface area is 140 Å². The first-order valence-corrected chi connectivity index (χ1v) is 7.45. The van der Waals surface area contributed by atoms with Crippen molar-refractivity contribution in [3.63, 3.8) is 0 Å². The Balaban J connectivity index is 3.39. The highest BCUT2D eigenvalue weighted by molar-refractivity contribution is 5.68. The van der Waals surface area contributed by atoms with Gasteiger partial charge in [-0.25, -0.2) is 14.4 Å². The summed E-state index contributed by atoms with van der Waals surface area (Å²) in [6.07, 6.45) is -1.17. The van der Waals surface area contributed by atoms with Crippen LogP contribution >= 0.6 is 0 Å². The van der Waals surface area contributed by atoms with E-state index < -0.39 is 30.4 Å². The Morgan fingerprint density at radius 3 is 2.04 bits per heavy atom. The Bertz CT molecular complexity index is 395. The Hall–Kier alpha value is -2.07. The average molecular weight is 350 g/mol.